The average molecular weight is 263 g/mol. The largest absolute Gasteiger partial charge is 0.350 e. The van der Waals surface area contributed by atoms with Crippen molar-refractivity contribution in [3.63, 3.8) is 0 Å². The lowest BCUT2D eigenvalue weighted by atomic mass is 10.2. The molecule has 1 saturated heterocycles. The maximum atomic E-state index is 12.1. The summed E-state index contributed by atoms with van der Waals surface area (Å²) in [6, 6.07) is 2.11. The number of aromatic nitrogens is 1. The molecule has 1 fully saturated rings. The quantitative estimate of drug-likeness (QED) is 0.535. The highest BCUT2D eigenvalue weighted by atomic mass is 16.1. The van der Waals surface area contributed by atoms with Crippen LogP contribution in [0.3, 0.4) is 0 Å². The number of hydrogen-bond donors (Lipinski definition) is 3. The van der Waals surface area contributed by atoms with Gasteiger partial charge >= 0.3 is 0 Å². The number of likely N-dealkylation sites (N-methyl/N-ethyl adjacent to an activating group) is 1. The van der Waals surface area contributed by atoms with E-state index in [4.69, 9.17) is 5.84 Å². The van der Waals surface area contributed by atoms with E-state index in [0.717, 1.165) is 19.5 Å². The molecule has 2 heterocycles. The fraction of sp³-hybridized carbons (Fsp3) is 0.538. The van der Waals surface area contributed by atoms with Gasteiger partial charge in [0.2, 0.25) is 0 Å². The van der Waals surface area contributed by atoms with Crippen LogP contribution in [-0.4, -0.2) is 41.5 Å². The molecule has 1 amide bonds. The van der Waals surface area contributed by atoms with Crippen molar-refractivity contribution in [2.24, 2.45) is 5.84 Å². The SMILES string of the molecule is CCN1CCCC1CNC(=O)c1ccncc1NN. The maximum Gasteiger partial charge on any atom is 0.253 e. The molecule has 0 radical (unpaired) electrons. The first-order valence-electron chi connectivity index (χ1n) is 6.69. The third kappa shape index (κ3) is 3.21. The minimum absolute atomic E-state index is 0.113. The Kier molecular flexibility index (Phi) is 4.70. The fourth-order valence-electron chi connectivity index (χ4n) is 2.56. The third-order valence-corrected chi connectivity index (χ3v) is 3.62. The lowest BCUT2D eigenvalue weighted by Gasteiger charge is -2.23. The minimum Gasteiger partial charge on any atom is -0.350 e. The van der Waals surface area contributed by atoms with E-state index in [9.17, 15) is 4.79 Å². The first-order valence-corrected chi connectivity index (χ1v) is 6.69. The van der Waals surface area contributed by atoms with E-state index in [1.165, 1.54) is 6.42 Å². The lowest BCUT2D eigenvalue weighted by Crippen LogP contribution is -2.40. The highest BCUT2D eigenvalue weighted by molar-refractivity contribution is 5.99. The molecule has 0 saturated carbocycles. The van der Waals surface area contributed by atoms with Crippen LogP contribution in [0.1, 0.15) is 30.1 Å². The molecular formula is C13H21N5O. The zero-order valence-corrected chi connectivity index (χ0v) is 11.2. The molecule has 0 aromatic carbocycles. The number of hydrazine groups is 1. The molecular weight excluding hydrogens is 242 g/mol. The Labute approximate surface area is 113 Å². The average Bonchev–Trinajstić information content (AvgIpc) is 2.92. The van der Waals surface area contributed by atoms with Crippen LogP contribution in [0.15, 0.2) is 18.5 Å². The number of anilines is 1. The molecule has 6 nitrogen and oxygen atoms in total. The predicted molar refractivity (Wildman–Crippen MR) is 74.6 cm³/mol. The van der Waals surface area contributed by atoms with Gasteiger partial charge in [0.1, 0.15) is 0 Å². The molecule has 6 heteroatoms. The number of carbonyl (C=O) groups is 1. The monoisotopic (exact) mass is 263 g/mol. The van der Waals surface area contributed by atoms with Crippen molar-refractivity contribution in [2.45, 2.75) is 25.8 Å². The van der Waals surface area contributed by atoms with Gasteiger partial charge in [0, 0.05) is 18.8 Å². The molecule has 1 aliphatic heterocycles. The second-order valence-electron chi connectivity index (χ2n) is 4.70. The Morgan fingerprint density at radius 1 is 1.63 bits per heavy atom. The summed E-state index contributed by atoms with van der Waals surface area (Å²) < 4.78 is 0. The van der Waals surface area contributed by atoms with E-state index in [1.54, 1.807) is 18.5 Å². The molecule has 1 aliphatic rings. The van der Waals surface area contributed by atoms with Crippen molar-refractivity contribution in [1.82, 2.24) is 15.2 Å². The second-order valence-corrected chi connectivity index (χ2v) is 4.70. The zero-order chi connectivity index (χ0) is 13.7. The van der Waals surface area contributed by atoms with E-state index in [1.807, 2.05) is 0 Å². The van der Waals surface area contributed by atoms with Crippen molar-refractivity contribution in [3.05, 3.63) is 24.0 Å². The van der Waals surface area contributed by atoms with E-state index < -0.39 is 0 Å². The third-order valence-electron chi connectivity index (χ3n) is 3.62. The van der Waals surface area contributed by atoms with Crippen LogP contribution >= 0.6 is 0 Å². The summed E-state index contributed by atoms with van der Waals surface area (Å²) in [7, 11) is 0. The molecule has 104 valence electrons. The molecule has 0 spiro atoms. The lowest BCUT2D eigenvalue weighted by molar-refractivity contribution is 0.0942. The number of amides is 1. The number of nitrogens with one attached hydrogen (secondary N) is 2. The van der Waals surface area contributed by atoms with Gasteiger partial charge in [0.15, 0.2) is 0 Å². The number of hydrogen-bond acceptors (Lipinski definition) is 5. The smallest absolute Gasteiger partial charge is 0.253 e. The summed E-state index contributed by atoms with van der Waals surface area (Å²) in [6.45, 7) is 4.99. The van der Waals surface area contributed by atoms with Crippen molar-refractivity contribution in [1.29, 1.82) is 0 Å². The van der Waals surface area contributed by atoms with Crippen molar-refractivity contribution >= 4 is 11.6 Å². The van der Waals surface area contributed by atoms with Gasteiger partial charge in [-0.3, -0.25) is 20.5 Å². The Balaban J connectivity index is 1.94. The Bertz CT molecular complexity index is 437. The van der Waals surface area contributed by atoms with Gasteiger partial charge in [-0.2, -0.15) is 0 Å². The molecule has 19 heavy (non-hydrogen) atoms. The molecule has 1 aromatic heterocycles. The van der Waals surface area contributed by atoms with Gasteiger partial charge in [0.25, 0.3) is 5.91 Å². The molecule has 4 N–H and O–H groups in total. The van der Waals surface area contributed by atoms with Gasteiger partial charge in [-0.25, -0.2) is 0 Å². The second kappa shape index (κ2) is 6.49. The van der Waals surface area contributed by atoms with E-state index in [-0.39, 0.29) is 5.91 Å². The molecule has 0 bridgehead atoms. The van der Waals surface area contributed by atoms with E-state index in [2.05, 4.69) is 27.6 Å². The Morgan fingerprint density at radius 2 is 2.47 bits per heavy atom. The summed E-state index contributed by atoms with van der Waals surface area (Å²) in [5.74, 6) is 5.26. The van der Waals surface area contributed by atoms with Crippen LogP contribution < -0.4 is 16.6 Å². The summed E-state index contributed by atoms with van der Waals surface area (Å²) in [5, 5.41) is 2.98. The summed E-state index contributed by atoms with van der Waals surface area (Å²) in [4.78, 5) is 18.5. The number of rotatable bonds is 5. The number of nitrogens with zero attached hydrogens (tertiary/aromatic N) is 2. The highest BCUT2D eigenvalue weighted by Gasteiger charge is 2.23. The first-order chi connectivity index (χ1) is 9.26. The maximum absolute atomic E-state index is 12.1. The number of likely N-dealkylation sites (tertiary alicyclic amines) is 1. The van der Waals surface area contributed by atoms with Gasteiger partial charge in [0.05, 0.1) is 17.4 Å². The van der Waals surface area contributed by atoms with Crippen LogP contribution in [0.2, 0.25) is 0 Å². The van der Waals surface area contributed by atoms with Crippen molar-refractivity contribution in [3.8, 4) is 0 Å². The molecule has 2 rings (SSSR count). The van der Waals surface area contributed by atoms with Gasteiger partial charge in [-0.05, 0) is 32.0 Å². The van der Waals surface area contributed by atoms with Crippen LogP contribution in [0, 0.1) is 0 Å². The zero-order valence-electron chi connectivity index (χ0n) is 11.2. The number of nitrogens with two attached hydrogens (primary N) is 1. The first kappa shape index (κ1) is 13.8. The van der Waals surface area contributed by atoms with Crippen LogP contribution in [0.5, 0.6) is 0 Å². The van der Waals surface area contributed by atoms with Gasteiger partial charge < -0.3 is 10.7 Å². The fourth-order valence-corrected chi connectivity index (χ4v) is 2.56. The van der Waals surface area contributed by atoms with E-state index in [0.29, 0.717) is 23.8 Å². The predicted octanol–water partition coefficient (Wildman–Crippen LogP) is 0.581. The van der Waals surface area contributed by atoms with Crippen molar-refractivity contribution in [2.75, 3.05) is 25.1 Å². The molecule has 1 aromatic rings. The number of nitrogen functional groups attached to an aromatic ring is 1. The summed E-state index contributed by atoms with van der Waals surface area (Å²) >= 11 is 0. The van der Waals surface area contributed by atoms with Crippen molar-refractivity contribution < 1.29 is 4.79 Å². The van der Waals surface area contributed by atoms with Gasteiger partial charge in [-0.15, -0.1) is 0 Å². The number of carbonyl (C=O) groups excluding carboxylic acids is 1. The Hall–Kier alpha value is -1.66. The molecule has 1 atom stereocenters. The highest BCUT2D eigenvalue weighted by Crippen LogP contribution is 2.16. The van der Waals surface area contributed by atoms with Crippen LogP contribution in [0.4, 0.5) is 5.69 Å². The van der Waals surface area contributed by atoms with Crippen LogP contribution in [-0.2, 0) is 0 Å². The van der Waals surface area contributed by atoms with Crippen LogP contribution in [0.25, 0.3) is 0 Å². The standard InChI is InChI=1S/C13H21N5O/c1-2-18-7-3-4-10(18)8-16-13(19)11-5-6-15-9-12(11)17-14/h5-6,9-10,17H,2-4,7-8,14H2,1H3,(H,16,19). The van der Waals surface area contributed by atoms with E-state index >= 15 is 0 Å². The number of pyridine rings is 1. The van der Waals surface area contributed by atoms with Gasteiger partial charge in [-0.1, -0.05) is 6.92 Å². The topological polar surface area (TPSA) is 83.3 Å². The molecule has 1 unspecified atom stereocenters. The Morgan fingerprint density at radius 3 is 3.21 bits per heavy atom. The minimum atomic E-state index is -0.113. The summed E-state index contributed by atoms with van der Waals surface area (Å²) in [6.07, 6.45) is 5.48. The summed E-state index contributed by atoms with van der Waals surface area (Å²) in [5.41, 5.74) is 3.56. The normalized spacial score (nSPS) is 19.4. The molecule has 0 aliphatic carbocycles.